The maximum Gasteiger partial charge on any atom is 0.0853 e. The zero-order valence-corrected chi connectivity index (χ0v) is 9.76. The Balaban J connectivity index is 2.37. The fourth-order valence-corrected chi connectivity index (χ4v) is 2.15. The minimum atomic E-state index is -0.119. The van der Waals surface area contributed by atoms with Crippen molar-refractivity contribution in [2.75, 3.05) is 18.0 Å². The lowest BCUT2D eigenvalue weighted by Crippen LogP contribution is -2.32. The number of pyridine rings is 1. The minimum Gasteiger partial charge on any atom is -0.371 e. The Bertz CT molecular complexity index is 405. The van der Waals surface area contributed by atoms with Crippen LogP contribution in [-0.2, 0) is 0 Å². The molecule has 1 saturated heterocycles. The molecule has 0 aromatic carbocycles. The molecule has 0 radical (unpaired) electrons. The van der Waals surface area contributed by atoms with Crippen LogP contribution in [0.15, 0.2) is 22.9 Å². The Morgan fingerprint density at radius 2 is 2.29 bits per heavy atom. The fraction of sp³-hybridized carbons (Fsp3) is 0.545. The summed E-state index contributed by atoms with van der Waals surface area (Å²) in [5.74, 6) is 0.715. The van der Waals surface area contributed by atoms with Crippen molar-refractivity contribution in [3.8, 4) is 0 Å². The summed E-state index contributed by atoms with van der Waals surface area (Å²) in [7, 11) is 0. The van der Waals surface area contributed by atoms with E-state index in [9.17, 15) is 0 Å². The monoisotopic (exact) mass is 257 g/mol. The number of nitrogens with zero attached hydrogens (tertiary/aromatic N) is 2. The highest BCUT2D eigenvalue weighted by atomic mass is 79.9. The molecule has 1 aromatic rings. The van der Waals surface area contributed by atoms with E-state index in [2.05, 4.69) is 32.7 Å². The summed E-state index contributed by atoms with van der Waals surface area (Å²) in [6.45, 7) is 4.00. The fourth-order valence-electron chi connectivity index (χ4n) is 1.72. The Hall–Kier alpha value is -0.570. The lowest BCUT2D eigenvalue weighted by Gasteiger charge is -2.32. The number of anilines is 1. The molecule has 14 heavy (non-hydrogen) atoms. The lowest BCUT2D eigenvalue weighted by molar-refractivity contribution is 0.438. The molecule has 2 rings (SSSR count). The quantitative estimate of drug-likeness (QED) is 0.769. The molecular formula is C11H15BrN2. The first-order chi connectivity index (χ1) is 8.00. The second-order valence-corrected chi connectivity index (χ2v) is 4.59. The molecule has 2 heterocycles. The third kappa shape index (κ3) is 2.08. The Labute approximate surface area is 97.7 Å². The van der Waals surface area contributed by atoms with Crippen molar-refractivity contribution in [3.63, 3.8) is 0 Å². The van der Waals surface area contributed by atoms with Gasteiger partial charge in [0.25, 0.3) is 0 Å². The molecule has 1 aliphatic heterocycles. The van der Waals surface area contributed by atoms with Crippen molar-refractivity contribution in [2.45, 2.75) is 19.8 Å². The van der Waals surface area contributed by atoms with E-state index < -0.39 is 0 Å². The average Bonchev–Trinajstić information content (AvgIpc) is 2.29. The van der Waals surface area contributed by atoms with Gasteiger partial charge in [0.05, 0.1) is 14.3 Å². The second-order valence-electron chi connectivity index (χ2n) is 3.79. The highest BCUT2D eigenvalue weighted by Gasteiger charge is 2.17. The van der Waals surface area contributed by atoms with Crippen molar-refractivity contribution >= 4 is 21.6 Å². The van der Waals surface area contributed by atoms with Gasteiger partial charge in [-0.25, -0.2) is 0 Å². The molecule has 1 aromatic heterocycles. The lowest BCUT2D eigenvalue weighted by atomic mass is 9.99. The molecule has 3 heteroatoms. The first-order valence-electron chi connectivity index (χ1n) is 6.39. The Morgan fingerprint density at radius 1 is 1.57 bits per heavy atom. The molecule has 1 fully saturated rings. The van der Waals surface area contributed by atoms with E-state index in [1.807, 2.05) is 0 Å². The topological polar surface area (TPSA) is 16.1 Å². The van der Waals surface area contributed by atoms with E-state index in [-0.39, 0.29) is 18.4 Å². The minimum absolute atomic E-state index is 0.0413. The van der Waals surface area contributed by atoms with Crippen LogP contribution in [0.1, 0.15) is 23.9 Å². The number of hydrogen-bond donors (Lipinski definition) is 0. The summed E-state index contributed by atoms with van der Waals surface area (Å²) >= 11 is 3.32. The van der Waals surface area contributed by atoms with Gasteiger partial charge in [-0.05, 0) is 40.7 Å². The molecule has 0 atom stereocenters. The SMILES string of the molecule is [2H]c1nc([2H])c(Br)c(N2CCC(C)CC2)c1[2H]. The van der Waals surface area contributed by atoms with Gasteiger partial charge in [0.1, 0.15) is 0 Å². The van der Waals surface area contributed by atoms with E-state index in [1.165, 1.54) is 0 Å². The predicted molar refractivity (Wildman–Crippen MR) is 62.5 cm³/mol. The predicted octanol–water partition coefficient (Wildman–Crippen LogP) is 3.08. The van der Waals surface area contributed by atoms with Gasteiger partial charge < -0.3 is 4.90 Å². The van der Waals surface area contributed by atoms with Crippen molar-refractivity contribution < 1.29 is 4.11 Å². The normalized spacial score (nSPS) is 21.6. The molecule has 2 nitrogen and oxygen atoms in total. The molecule has 0 bridgehead atoms. The summed E-state index contributed by atoms with van der Waals surface area (Å²) in [5, 5.41) is 0. The van der Waals surface area contributed by atoms with Gasteiger partial charge >= 0.3 is 0 Å². The molecule has 0 N–H and O–H groups in total. The van der Waals surface area contributed by atoms with Crippen LogP contribution in [0.2, 0.25) is 0 Å². The number of aromatic nitrogens is 1. The summed E-state index contributed by atoms with van der Waals surface area (Å²) in [5.41, 5.74) is 0.655. The zero-order valence-electron chi connectivity index (χ0n) is 11.2. The highest BCUT2D eigenvalue weighted by molar-refractivity contribution is 9.10. The third-order valence-electron chi connectivity index (χ3n) is 2.69. The number of halogens is 1. The second kappa shape index (κ2) is 4.30. The third-order valence-corrected chi connectivity index (χ3v) is 3.24. The molecule has 0 spiro atoms. The van der Waals surface area contributed by atoms with E-state index in [0.717, 1.165) is 25.9 Å². The summed E-state index contributed by atoms with van der Waals surface area (Å²) < 4.78 is 23.7. The van der Waals surface area contributed by atoms with Gasteiger partial charge in [0.15, 0.2) is 0 Å². The molecule has 1 aliphatic rings. The summed E-state index contributed by atoms with van der Waals surface area (Å²) in [4.78, 5) is 5.80. The van der Waals surface area contributed by atoms with Crippen molar-refractivity contribution in [2.24, 2.45) is 5.92 Å². The van der Waals surface area contributed by atoms with E-state index in [1.54, 1.807) is 0 Å². The molecule has 0 amide bonds. The maximum absolute atomic E-state index is 7.91. The van der Waals surface area contributed by atoms with Crippen LogP contribution in [0, 0.1) is 5.92 Å². The van der Waals surface area contributed by atoms with Gasteiger partial charge in [-0.3, -0.25) is 4.98 Å². The largest absolute Gasteiger partial charge is 0.371 e. The van der Waals surface area contributed by atoms with Crippen molar-refractivity contribution in [1.82, 2.24) is 4.98 Å². The van der Waals surface area contributed by atoms with Crippen LogP contribution in [0.5, 0.6) is 0 Å². The highest BCUT2D eigenvalue weighted by Crippen LogP contribution is 2.28. The average molecular weight is 258 g/mol. The van der Waals surface area contributed by atoms with Crippen molar-refractivity contribution in [3.05, 3.63) is 22.9 Å². The number of piperidine rings is 1. The summed E-state index contributed by atoms with van der Waals surface area (Å²) in [6.07, 6.45) is 2.11. The van der Waals surface area contributed by atoms with Gasteiger partial charge in [-0.15, -0.1) is 0 Å². The first-order valence-corrected chi connectivity index (χ1v) is 5.68. The van der Waals surface area contributed by atoms with Gasteiger partial charge in [0, 0.05) is 25.4 Å². The molecule has 0 saturated carbocycles. The van der Waals surface area contributed by atoms with E-state index in [0.29, 0.717) is 16.1 Å². The van der Waals surface area contributed by atoms with Crippen LogP contribution in [0.25, 0.3) is 0 Å². The van der Waals surface area contributed by atoms with Crippen LogP contribution < -0.4 is 4.90 Å². The standard InChI is InChI=1S/C11H15BrN2/c1-9-3-6-14(7-4-9)11-2-5-13-8-10(11)12/h2,5,8-9H,3-4,6-7H2,1H3/i2D,5D,8D. The van der Waals surface area contributed by atoms with Crippen LogP contribution >= 0.6 is 15.9 Å². The van der Waals surface area contributed by atoms with Crippen LogP contribution in [-0.4, -0.2) is 18.1 Å². The number of rotatable bonds is 1. The van der Waals surface area contributed by atoms with E-state index in [4.69, 9.17) is 4.11 Å². The van der Waals surface area contributed by atoms with Gasteiger partial charge in [0.2, 0.25) is 0 Å². The molecule has 0 unspecified atom stereocenters. The maximum atomic E-state index is 7.91. The molecule has 0 aliphatic carbocycles. The smallest absolute Gasteiger partial charge is 0.0853 e. The van der Waals surface area contributed by atoms with Crippen LogP contribution in [0.4, 0.5) is 5.69 Å². The number of hydrogen-bond acceptors (Lipinski definition) is 2. The van der Waals surface area contributed by atoms with Gasteiger partial charge in [-0.1, -0.05) is 6.92 Å². The molecular weight excluding hydrogens is 240 g/mol. The zero-order chi connectivity index (χ0) is 12.6. The summed E-state index contributed by atoms with van der Waals surface area (Å²) in [6, 6.07) is 0.113. The van der Waals surface area contributed by atoms with Crippen molar-refractivity contribution in [1.29, 1.82) is 0 Å². The van der Waals surface area contributed by atoms with Crippen LogP contribution in [0.3, 0.4) is 0 Å². The van der Waals surface area contributed by atoms with E-state index >= 15 is 0 Å². The van der Waals surface area contributed by atoms with Gasteiger partial charge in [-0.2, -0.15) is 0 Å². The molecule has 76 valence electrons. The Morgan fingerprint density at radius 3 is 3.00 bits per heavy atom. The Kier molecular flexibility index (Phi) is 2.10. The first kappa shape index (κ1) is 6.83.